The smallest absolute Gasteiger partial charge is 0.229 e. The first-order valence-electron chi connectivity index (χ1n) is 6.56. The van der Waals surface area contributed by atoms with Crippen molar-refractivity contribution in [1.29, 1.82) is 0 Å². The zero-order valence-electron chi connectivity index (χ0n) is 11.0. The SMILES string of the molecule is CCCC1CCN(C(=O)C(C)(CC)CN)C1. The molecule has 3 heteroatoms. The van der Waals surface area contributed by atoms with Crippen LogP contribution < -0.4 is 5.73 Å². The largest absolute Gasteiger partial charge is 0.342 e. The summed E-state index contributed by atoms with van der Waals surface area (Å²) in [5.74, 6) is 0.976. The van der Waals surface area contributed by atoms with E-state index in [0.717, 1.165) is 19.5 Å². The van der Waals surface area contributed by atoms with E-state index in [1.54, 1.807) is 0 Å². The number of carbonyl (C=O) groups is 1. The van der Waals surface area contributed by atoms with Crippen molar-refractivity contribution in [3.05, 3.63) is 0 Å². The van der Waals surface area contributed by atoms with E-state index in [1.807, 2.05) is 18.7 Å². The van der Waals surface area contributed by atoms with Crippen molar-refractivity contribution in [3.8, 4) is 0 Å². The van der Waals surface area contributed by atoms with Gasteiger partial charge < -0.3 is 10.6 Å². The van der Waals surface area contributed by atoms with Gasteiger partial charge in [0.15, 0.2) is 0 Å². The minimum absolute atomic E-state index is 0.260. The summed E-state index contributed by atoms with van der Waals surface area (Å²) in [4.78, 5) is 14.3. The highest BCUT2D eigenvalue weighted by molar-refractivity contribution is 5.82. The second-order valence-corrected chi connectivity index (χ2v) is 5.31. The summed E-state index contributed by atoms with van der Waals surface area (Å²) in [6, 6.07) is 0. The first-order valence-corrected chi connectivity index (χ1v) is 6.56. The van der Waals surface area contributed by atoms with Gasteiger partial charge in [0.25, 0.3) is 0 Å². The van der Waals surface area contributed by atoms with Crippen LogP contribution in [0.3, 0.4) is 0 Å². The maximum absolute atomic E-state index is 12.3. The highest BCUT2D eigenvalue weighted by Gasteiger charge is 2.36. The minimum atomic E-state index is -0.346. The predicted octanol–water partition coefficient (Wildman–Crippen LogP) is 2.01. The first-order chi connectivity index (χ1) is 7.57. The van der Waals surface area contributed by atoms with E-state index in [0.29, 0.717) is 12.5 Å². The van der Waals surface area contributed by atoms with E-state index in [1.165, 1.54) is 19.3 Å². The molecular weight excluding hydrogens is 200 g/mol. The monoisotopic (exact) mass is 226 g/mol. The third-order valence-corrected chi connectivity index (χ3v) is 4.02. The normalized spacial score (nSPS) is 24.5. The number of hydrogen-bond acceptors (Lipinski definition) is 2. The molecule has 1 amide bonds. The molecule has 2 unspecified atom stereocenters. The number of rotatable bonds is 5. The van der Waals surface area contributed by atoms with Crippen molar-refractivity contribution in [2.45, 2.75) is 46.5 Å². The van der Waals surface area contributed by atoms with Crippen LogP contribution in [0, 0.1) is 11.3 Å². The van der Waals surface area contributed by atoms with Gasteiger partial charge >= 0.3 is 0 Å². The highest BCUT2D eigenvalue weighted by atomic mass is 16.2. The van der Waals surface area contributed by atoms with Crippen molar-refractivity contribution < 1.29 is 4.79 Å². The van der Waals surface area contributed by atoms with Crippen LogP contribution in [0.15, 0.2) is 0 Å². The fourth-order valence-corrected chi connectivity index (χ4v) is 2.43. The summed E-state index contributed by atoms with van der Waals surface area (Å²) >= 11 is 0. The van der Waals surface area contributed by atoms with Crippen LogP contribution in [0.25, 0.3) is 0 Å². The summed E-state index contributed by atoms with van der Waals surface area (Å²) in [6.07, 6.45) is 4.46. The van der Waals surface area contributed by atoms with Crippen LogP contribution in [0.5, 0.6) is 0 Å². The van der Waals surface area contributed by atoms with E-state index in [4.69, 9.17) is 5.73 Å². The second kappa shape index (κ2) is 5.67. The third-order valence-electron chi connectivity index (χ3n) is 4.02. The van der Waals surface area contributed by atoms with Crippen molar-refractivity contribution in [2.75, 3.05) is 19.6 Å². The van der Waals surface area contributed by atoms with Crippen molar-refractivity contribution in [3.63, 3.8) is 0 Å². The van der Waals surface area contributed by atoms with E-state index >= 15 is 0 Å². The van der Waals surface area contributed by atoms with Gasteiger partial charge in [-0.1, -0.05) is 20.3 Å². The third kappa shape index (κ3) is 2.76. The van der Waals surface area contributed by atoms with Gasteiger partial charge in [0.05, 0.1) is 5.41 Å². The van der Waals surface area contributed by atoms with Crippen LogP contribution in [0.4, 0.5) is 0 Å². The molecule has 94 valence electrons. The zero-order valence-corrected chi connectivity index (χ0v) is 11.0. The Labute approximate surface area is 99.4 Å². The lowest BCUT2D eigenvalue weighted by molar-refractivity contribution is -0.140. The van der Waals surface area contributed by atoms with Crippen LogP contribution in [-0.2, 0) is 4.79 Å². The van der Waals surface area contributed by atoms with Gasteiger partial charge in [-0.05, 0) is 32.1 Å². The van der Waals surface area contributed by atoms with Gasteiger partial charge in [-0.15, -0.1) is 0 Å². The molecule has 0 aromatic carbocycles. The standard InChI is InChI=1S/C13H26N2O/c1-4-6-11-7-8-15(9-11)12(16)13(3,5-2)10-14/h11H,4-10,14H2,1-3H3. The Morgan fingerprint density at radius 1 is 1.50 bits per heavy atom. The summed E-state index contributed by atoms with van der Waals surface area (Å²) in [5.41, 5.74) is 5.39. The molecule has 3 nitrogen and oxygen atoms in total. The second-order valence-electron chi connectivity index (χ2n) is 5.31. The first kappa shape index (κ1) is 13.5. The average molecular weight is 226 g/mol. The molecule has 0 spiro atoms. The molecular formula is C13H26N2O. The van der Waals surface area contributed by atoms with Gasteiger partial charge in [-0.3, -0.25) is 4.79 Å². The van der Waals surface area contributed by atoms with Gasteiger partial charge in [0, 0.05) is 19.6 Å². The van der Waals surface area contributed by atoms with E-state index in [9.17, 15) is 4.79 Å². The molecule has 2 N–H and O–H groups in total. The molecule has 0 bridgehead atoms. The van der Waals surface area contributed by atoms with E-state index in [2.05, 4.69) is 6.92 Å². The molecule has 0 radical (unpaired) electrons. The Morgan fingerprint density at radius 3 is 2.69 bits per heavy atom. The van der Waals surface area contributed by atoms with Gasteiger partial charge in [0.2, 0.25) is 5.91 Å². The van der Waals surface area contributed by atoms with Crippen LogP contribution in [0.1, 0.15) is 46.5 Å². The molecule has 1 fully saturated rings. The fraction of sp³-hybridized carbons (Fsp3) is 0.923. The van der Waals surface area contributed by atoms with E-state index < -0.39 is 0 Å². The topological polar surface area (TPSA) is 46.3 Å². The maximum atomic E-state index is 12.3. The Morgan fingerprint density at radius 2 is 2.19 bits per heavy atom. The molecule has 1 rings (SSSR count). The molecule has 0 aromatic rings. The van der Waals surface area contributed by atoms with Crippen molar-refractivity contribution in [2.24, 2.45) is 17.1 Å². The summed E-state index contributed by atoms with van der Waals surface area (Å²) in [5, 5.41) is 0. The Bertz CT molecular complexity index is 236. The molecule has 16 heavy (non-hydrogen) atoms. The zero-order chi connectivity index (χ0) is 12.2. The molecule has 0 saturated carbocycles. The quantitative estimate of drug-likeness (QED) is 0.779. The van der Waals surface area contributed by atoms with Gasteiger partial charge in [-0.2, -0.15) is 0 Å². The molecule has 1 saturated heterocycles. The number of nitrogens with two attached hydrogens (primary N) is 1. The van der Waals surface area contributed by atoms with Crippen LogP contribution in [0.2, 0.25) is 0 Å². The fourth-order valence-electron chi connectivity index (χ4n) is 2.43. The van der Waals surface area contributed by atoms with Crippen LogP contribution in [-0.4, -0.2) is 30.4 Å². The van der Waals surface area contributed by atoms with Crippen LogP contribution >= 0.6 is 0 Å². The number of carbonyl (C=O) groups excluding carboxylic acids is 1. The Kier molecular flexibility index (Phi) is 4.78. The number of hydrogen-bond donors (Lipinski definition) is 1. The lowest BCUT2D eigenvalue weighted by Crippen LogP contribution is -2.45. The molecule has 1 aliphatic heterocycles. The maximum Gasteiger partial charge on any atom is 0.229 e. The number of amides is 1. The molecule has 0 aliphatic carbocycles. The summed E-state index contributed by atoms with van der Waals surface area (Å²) < 4.78 is 0. The van der Waals surface area contributed by atoms with Gasteiger partial charge in [-0.25, -0.2) is 0 Å². The molecule has 1 aliphatic rings. The summed E-state index contributed by atoms with van der Waals surface area (Å²) in [6.45, 7) is 8.58. The lowest BCUT2D eigenvalue weighted by Gasteiger charge is -2.30. The van der Waals surface area contributed by atoms with E-state index in [-0.39, 0.29) is 11.3 Å². The summed E-state index contributed by atoms with van der Waals surface area (Å²) in [7, 11) is 0. The predicted molar refractivity (Wildman–Crippen MR) is 67.0 cm³/mol. The van der Waals surface area contributed by atoms with Crippen molar-refractivity contribution in [1.82, 2.24) is 4.90 Å². The number of likely N-dealkylation sites (tertiary alicyclic amines) is 1. The Balaban J connectivity index is 2.56. The molecule has 0 aromatic heterocycles. The van der Waals surface area contributed by atoms with Gasteiger partial charge in [0.1, 0.15) is 0 Å². The average Bonchev–Trinajstić information content (AvgIpc) is 2.76. The number of nitrogens with zero attached hydrogens (tertiary/aromatic N) is 1. The highest BCUT2D eigenvalue weighted by Crippen LogP contribution is 2.28. The minimum Gasteiger partial charge on any atom is -0.342 e. The lowest BCUT2D eigenvalue weighted by atomic mass is 9.86. The molecule has 1 heterocycles. The molecule has 2 atom stereocenters. The van der Waals surface area contributed by atoms with Crippen molar-refractivity contribution >= 4 is 5.91 Å². The Hall–Kier alpha value is -0.570.